The number of rotatable bonds is 1. The van der Waals surface area contributed by atoms with Gasteiger partial charge in [0.05, 0.1) is 17.6 Å². The maximum Gasteiger partial charge on any atom is 0.324 e. The van der Waals surface area contributed by atoms with Gasteiger partial charge in [0.1, 0.15) is 11.6 Å². The zero-order valence-electron chi connectivity index (χ0n) is 16.0. The van der Waals surface area contributed by atoms with Crippen LogP contribution in [0, 0.1) is 29.4 Å². The van der Waals surface area contributed by atoms with Crippen molar-refractivity contribution in [2.75, 3.05) is 7.05 Å². The van der Waals surface area contributed by atoms with Crippen LogP contribution in [-0.4, -0.2) is 35.0 Å². The smallest absolute Gasteiger partial charge is 0.322 e. The molecule has 2 aliphatic carbocycles. The van der Waals surface area contributed by atoms with Crippen LogP contribution in [0.25, 0.3) is 0 Å². The molecule has 1 unspecified atom stereocenters. The third-order valence-electron chi connectivity index (χ3n) is 5.81. The molecule has 1 aromatic rings. The molecule has 28 heavy (non-hydrogen) atoms. The van der Waals surface area contributed by atoms with Gasteiger partial charge in [-0.25, -0.2) is 13.6 Å². The van der Waals surface area contributed by atoms with E-state index in [4.69, 9.17) is 0 Å². The van der Waals surface area contributed by atoms with Crippen LogP contribution in [0.4, 0.5) is 13.6 Å². The van der Waals surface area contributed by atoms with Crippen molar-refractivity contribution in [2.24, 2.45) is 5.92 Å². The first kappa shape index (κ1) is 18.5. The quantitative estimate of drug-likeness (QED) is 0.652. The number of fused-ring (bicyclic) bond motifs is 1. The number of hydrogen-bond acceptors (Lipinski definition) is 1. The summed E-state index contributed by atoms with van der Waals surface area (Å²) in [5.41, 5.74) is 1.71. The van der Waals surface area contributed by atoms with Crippen LogP contribution in [0.1, 0.15) is 31.7 Å². The van der Waals surface area contributed by atoms with Gasteiger partial charge in [-0.2, -0.15) is 0 Å². The minimum absolute atomic E-state index is 0.0302. The van der Waals surface area contributed by atoms with Crippen LogP contribution in [0.2, 0.25) is 0 Å². The van der Waals surface area contributed by atoms with Crippen LogP contribution >= 0.6 is 0 Å². The summed E-state index contributed by atoms with van der Waals surface area (Å²) in [4.78, 5) is 16.5. The summed E-state index contributed by atoms with van der Waals surface area (Å²) < 4.78 is 27.1. The fraction of sp³-hybridized carbons (Fsp3) is 0.348. The van der Waals surface area contributed by atoms with Gasteiger partial charge in [0.25, 0.3) is 0 Å². The molecule has 0 spiro atoms. The Morgan fingerprint density at radius 1 is 1.11 bits per heavy atom. The third kappa shape index (κ3) is 3.24. The van der Waals surface area contributed by atoms with Crippen molar-refractivity contribution in [3.05, 3.63) is 71.0 Å². The maximum atomic E-state index is 13.8. The molecule has 2 amide bonds. The second kappa shape index (κ2) is 7.27. The molecular weight excluding hydrogens is 358 g/mol. The lowest BCUT2D eigenvalue weighted by molar-refractivity contribution is 0.181. The molecule has 0 radical (unpaired) electrons. The molecule has 3 atom stereocenters. The normalized spacial score (nSPS) is 29.4. The predicted octanol–water partition coefficient (Wildman–Crippen LogP) is 4.62. The van der Waals surface area contributed by atoms with E-state index in [0.717, 1.165) is 43.2 Å². The molecule has 1 saturated heterocycles. The molecule has 1 saturated carbocycles. The summed E-state index contributed by atoms with van der Waals surface area (Å²) in [5, 5.41) is 0. The van der Waals surface area contributed by atoms with Crippen molar-refractivity contribution < 1.29 is 13.6 Å². The van der Waals surface area contributed by atoms with Crippen LogP contribution < -0.4 is 0 Å². The largest absolute Gasteiger partial charge is 0.324 e. The lowest BCUT2D eigenvalue weighted by Crippen LogP contribution is -2.45. The van der Waals surface area contributed by atoms with E-state index >= 15 is 0 Å². The van der Waals surface area contributed by atoms with E-state index in [9.17, 15) is 13.6 Å². The maximum absolute atomic E-state index is 13.8. The van der Waals surface area contributed by atoms with Gasteiger partial charge in [-0.3, -0.25) is 4.90 Å². The first-order valence-corrected chi connectivity index (χ1v) is 9.57. The molecule has 3 nitrogen and oxygen atoms in total. The topological polar surface area (TPSA) is 23.6 Å². The summed E-state index contributed by atoms with van der Waals surface area (Å²) in [6.07, 6.45) is 10.6. The SMILES string of the molecule is CC1C/C=C/C(C#Cc2cc(F)ccc2F)=C\C=C1N1C(=O)N(C)[C@H]2CC[C@H]21. The average molecular weight is 380 g/mol. The number of urea groups is 1. The van der Waals surface area contributed by atoms with E-state index in [-0.39, 0.29) is 23.6 Å². The van der Waals surface area contributed by atoms with Crippen molar-refractivity contribution in [3.8, 4) is 11.8 Å². The molecular formula is C23H22F2N2O. The first-order valence-electron chi connectivity index (χ1n) is 9.57. The zero-order valence-corrected chi connectivity index (χ0v) is 16.0. The number of benzene rings is 1. The lowest BCUT2D eigenvalue weighted by atomic mass is 9.85. The van der Waals surface area contributed by atoms with Gasteiger partial charge in [-0.05, 0) is 49.6 Å². The Kier molecular flexibility index (Phi) is 4.80. The Labute approximate surface area is 164 Å². The summed E-state index contributed by atoms with van der Waals surface area (Å²) >= 11 is 0. The molecule has 144 valence electrons. The van der Waals surface area contributed by atoms with Crippen molar-refractivity contribution in [2.45, 2.75) is 38.3 Å². The monoisotopic (exact) mass is 380 g/mol. The van der Waals surface area contributed by atoms with Gasteiger partial charge in [-0.1, -0.05) is 30.9 Å². The summed E-state index contributed by atoms with van der Waals surface area (Å²) in [6.45, 7) is 2.11. The van der Waals surface area contributed by atoms with Crippen molar-refractivity contribution >= 4 is 6.03 Å². The predicted molar refractivity (Wildman–Crippen MR) is 104 cm³/mol. The number of hydrogen-bond donors (Lipinski definition) is 0. The number of allylic oxidation sites excluding steroid dienone is 6. The molecule has 3 aliphatic rings. The second-order valence-electron chi connectivity index (χ2n) is 7.60. The fourth-order valence-corrected chi connectivity index (χ4v) is 4.02. The summed E-state index contributed by atoms with van der Waals surface area (Å²) in [7, 11) is 1.87. The van der Waals surface area contributed by atoms with E-state index in [1.54, 1.807) is 0 Å². The van der Waals surface area contributed by atoms with Gasteiger partial charge < -0.3 is 4.90 Å². The van der Waals surface area contributed by atoms with Crippen LogP contribution in [0.15, 0.2) is 53.8 Å². The van der Waals surface area contributed by atoms with E-state index < -0.39 is 11.6 Å². The molecule has 4 rings (SSSR count). The standard InChI is InChI=1S/C23H22F2N2O/c1-15-4-3-5-16(6-8-17-14-18(24)9-10-19(17)25)7-11-20(15)27-22-13-12-21(22)26(2)23(27)28/h3,5,7,9-11,14-15,21-22H,4,12-13H2,1-2H3/b5-3+,16-7+,20-11?/t15?,21-,22+/m0/s1. The third-order valence-corrected chi connectivity index (χ3v) is 5.81. The number of likely N-dealkylation sites (N-methyl/N-ethyl adjacent to an activating group) is 1. The van der Waals surface area contributed by atoms with Crippen LogP contribution in [-0.2, 0) is 0 Å². The average Bonchev–Trinajstić information content (AvgIpc) is 2.79. The minimum Gasteiger partial charge on any atom is -0.322 e. The molecule has 1 heterocycles. The van der Waals surface area contributed by atoms with Crippen molar-refractivity contribution in [1.29, 1.82) is 0 Å². The van der Waals surface area contributed by atoms with Gasteiger partial charge in [0.2, 0.25) is 0 Å². The summed E-state index contributed by atoms with van der Waals surface area (Å²) in [5.74, 6) is 4.76. The second-order valence-corrected chi connectivity index (χ2v) is 7.60. The van der Waals surface area contributed by atoms with E-state index in [2.05, 4.69) is 18.8 Å². The Bertz CT molecular complexity index is 967. The molecule has 2 fully saturated rings. The van der Waals surface area contributed by atoms with Gasteiger partial charge in [0, 0.05) is 24.2 Å². The van der Waals surface area contributed by atoms with Crippen LogP contribution in [0.3, 0.4) is 0 Å². The number of carbonyl (C=O) groups is 1. The fourth-order valence-electron chi connectivity index (χ4n) is 4.02. The highest BCUT2D eigenvalue weighted by molar-refractivity contribution is 5.80. The zero-order chi connectivity index (χ0) is 19.8. The van der Waals surface area contributed by atoms with Crippen molar-refractivity contribution in [3.63, 3.8) is 0 Å². The summed E-state index contributed by atoms with van der Waals surface area (Å²) in [6, 6.07) is 3.85. The van der Waals surface area contributed by atoms with Crippen LogP contribution in [0.5, 0.6) is 0 Å². The minimum atomic E-state index is -0.545. The molecule has 0 aromatic heterocycles. The highest BCUT2D eigenvalue weighted by Crippen LogP contribution is 2.41. The Balaban J connectivity index is 1.65. The van der Waals surface area contributed by atoms with E-state index in [1.165, 1.54) is 0 Å². The van der Waals surface area contributed by atoms with Gasteiger partial charge in [-0.15, -0.1) is 0 Å². The molecule has 0 bridgehead atoms. The van der Waals surface area contributed by atoms with Gasteiger partial charge in [0.15, 0.2) is 0 Å². The van der Waals surface area contributed by atoms with Gasteiger partial charge >= 0.3 is 6.03 Å². The molecule has 1 aliphatic heterocycles. The Morgan fingerprint density at radius 2 is 1.89 bits per heavy atom. The van der Waals surface area contributed by atoms with E-state index in [0.29, 0.717) is 11.6 Å². The first-order chi connectivity index (χ1) is 13.5. The number of nitrogens with zero attached hydrogens (tertiary/aromatic N) is 2. The molecule has 1 aromatic carbocycles. The highest BCUT2D eigenvalue weighted by Gasteiger charge is 2.50. The molecule has 5 heteroatoms. The van der Waals surface area contributed by atoms with E-state index in [1.807, 2.05) is 41.2 Å². The lowest BCUT2D eigenvalue weighted by Gasteiger charge is -2.37. The molecule has 0 N–H and O–H groups in total. The van der Waals surface area contributed by atoms with Crippen molar-refractivity contribution in [1.82, 2.24) is 9.80 Å². The highest BCUT2D eigenvalue weighted by atomic mass is 19.1. The number of halogens is 2. The Morgan fingerprint density at radius 3 is 2.61 bits per heavy atom. The number of amides is 2. The Hall–Kier alpha value is -2.87. The number of carbonyl (C=O) groups excluding carboxylic acids is 1.